The van der Waals surface area contributed by atoms with Crippen LogP contribution in [-0.4, -0.2) is 17.1 Å². The predicted molar refractivity (Wildman–Crippen MR) is 66.0 cm³/mol. The van der Waals surface area contributed by atoms with E-state index in [1.54, 1.807) is 19.2 Å². The summed E-state index contributed by atoms with van der Waals surface area (Å²) in [5.74, 6) is 1.27. The van der Waals surface area contributed by atoms with Gasteiger partial charge in [0, 0.05) is 10.9 Å². The number of aryl methyl sites for hydroxylation is 1. The van der Waals surface area contributed by atoms with Gasteiger partial charge in [0.2, 0.25) is 0 Å². The molecule has 0 unspecified atom stereocenters. The molecule has 5 heteroatoms. The minimum absolute atomic E-state index is 0.146. The lowest BCUT2D eigenvalue weighted by molar-refractivity contribution is 0.418. The highest BCUT2D eigenvalue weighted by atomic mass is 79.9. The van der Waals surface area contributed by atoms with Gasteiger partial charge < -0.3 is 9.72 Å². The highest BCUT2D eigenvalue weighted by Crippen LogP contribution is 2.27. The summed E-state index contributed by atoms with van der Waals surface area (Å²) in [6.45, 7) is 1.94. The van der Waals surface area contributed by atoms with Crippen molar-refractivity contribution in [1.29, 1.82) is 0 Å². The zero-order valence-corrected chi connectivity index (χ0v) is 10.6. The fourth-order valence-corrected chi connectivity index (χ4v) is 2.06. The van der Waals surface area contributed by atoms with Crippen molar-refractivity contribution in [1.82, 2.24) is 9.97 Å². The van der Waals surface area contributed by atoms with Gasteiger partial charge in [-0.3, -0.25) is 4.79 Å². The Kier molecular flexibility index (Phi) is 2.96. The van der Waals surface area contributed by atoms with Gasteiger partial charge in [0.1, 0.15) is 17.1 Å². The monoisotopic (exact) mass is 282 g/mol. The number of rotatable bonds is 2. The first-order chi connectivity index (χ1) is 7.67. The number of nitrogens with zero attached hydrogens (tertiary/aromatic N) is 1. The van der Waals surface area contributed by atoms with E-state index in [0.29, 0.717) is 28.9 Å². The maximum atomic E-state index is 11.9. The van der Waals surface area contributed by atoms with Crippen LogP contribution in [0.4, 0.5) is 0 Å². The van der Waals surface area contributed by atoms with Gasteiger partial charge in [-0.15, -0.1) is 0 Å². The molecule has 16 heavy (non-hydrogen) atoms. The molecule has 1 N–H and O–H groups in total. The van der Waals surface area contributed by atoms with Gasteiger partial charge in [-0.25, -0.2) is 4.98 Å². The summed E-state index contributed by atoms with van der Waals surface area (Å²) in [6.07, 6.45) is 0.681. The fourth-order valence-electron chi connectivity index (χ4n) is 1.56. The van der Waals surface area contributed by atoms with Crippen molar-refractivity contribution < 1.29 is 4.74 Å². The lowest BCUT2D eigenvalue weighted by atomic mass is 10.2. The van der Waals surface area contributed by atoms with E-state index in [1.165, 1.54) is 0 Å². The summed E-state index contributed by atoms with van der Waals surface area (Å²) in [6, 6.07) is 3.57. The highest BCUT2D eigenvalue weighted by Gasteiger charge is 2.11. The van der Waals surface area contributed by atoms with E-state index in [2.05, 4.69) is 25.9 Å². The zero-order valence-electron chi connectivity index (χ0n) is 9.00. The summed E-state index contributed by atoms with van der Waals surface area (Å²) >= 11 is 3.34. The van der Waals surface area contributed by atoms with Crippen LogP contribution in [0, 0.1) is 0 Å². The standard InChI is InChI=1S/C11H11BrN2O2/c1-3-8-13-10-7(16-2)5-4-6(12)9(10)11(15)14-8/h4-5H,3H2,1-2H3,(H,13,14,15). The third kappa shape index (κ3) is 1.71. The van der Waals surface area contributed by atoms with Crippen molar-refractivity contribution in [3.63, 3.8) is 0 Å². The molecule has 0 aliphatic carbocycles. The van der Waals surface area contributed by atoms with Crippen LogP contribution >= 0.6 is 15.9 Å². The number of nitrogens with one attached hydrogen (secondary N) is 1. The quantitative estimate of drug-likeness (QED) is 0.919. The largest absolute Gasteiger partial charge is 0.494 e. The first-order valence-electron chi connectivity index (χ1n) is 4.92. The lowest BCUT2D eigenvalue weighted by Crippen LogP contribution is -2.12. The Bertz CT molecular complexity index is 592. The average molecular weight is 283 g/mol. The Morgan fingerprint density at radius 2 is 2.25 bits per heavy atom. The van der Waals surface area contributed by atoms with E-state index in [-0.39, 0.29) is 5.56 Å². The number of hydrogen-bond donors (Lipinski definition) is 1. The second-order valence-corrected chi connectivity index (χ2v) is 4.19. The minimum Gasteiger partial charge on any atom is -0.494 e. The van der Waals surface area contributed by atoms with E-state index in [9.17, 15) is 4.79 Å². The summed E-state index contributed by atoms with van der Waals surface area (Å²) in [5, 5.41) is 0.525. The molecule has 0 aliphatic heterocycles. The molecule has 0 saturated carbocycles. The Balaban J connectivity index is 2.93. The third-order valence-electron chi connectivity index (χ3n) is 2.38. The molecule has 0 aliphatic rings. The van der Waals surface area contributed by atoms with E-state index in [1.807, 2.05) is 6.92 Å². The number of fused-ring (bicyclic) bond motifs is 1. The van der Waals surface area contributed by atoms with Gasteiger partial charge in [0.15, 0.2) is 0 Å². The second-order valence-electron chi connectivity index (χ2n) is 3.34. The maximum Gasteiger partial charge on any atom is 0.260 e. The van der Waals surface area contributed by atoms with Crippen LogP contribution in [0.3, 0.4) is 0 Å². The molecule has 0 atom stereocenters. The highest BCUT2D eigenvalue weighted by molar-refractivity contribution is 9.10. The second kappa shape index (κ2) is 4.25. The van der Waals surface area contributed by atoms with Crippen LogP contribution in [0.1, 0.15) is 12.7 Å². The smallest absolute Gasteiger partial charge is 0.260 e. The Labute approximate surface area is 101 Å². The molecule has 84 valence electrons. The molecule has 0 saturated heterocycles. The van der Waals surface area contributed by atoms with Crippen LogP contribution in [0.15, 0.2) is 21.4 Å². The van der Waals surface area contributed by atoms with E-state index in [0.717, 1.165) is 4.47 Å². The van der Waals surface area contributed by atoms with E-state index < -0.39 is 0 Å². The van der Waals surface area contributed by atoms with E-state index in [4.69, 9.17) is 4.74 Å². The van der Waals surface area contributed by atoms with Crippen molar-refractivity contribution in [3.8, 4) is 5.75 Å². The molecule has 2 rings (SSSR count). The molecule has 1 aromatic heterocycles. The molecular weight excluding hydrogens is 272 g/mol. The zero-order chi connectivity index (χ0) is 11.7. The SMILES string of the molecule is CCc1nc2c(OC)ccc(Br)c2c(=O)[nH]1. The number of hydrogen-bond acceptors (Lipinski definition) is 3. The van der Waals surface area contributed by atoms with Gasteiger partial charge in [0.05, 0.1) is 12.5 Å². The van der Waals surface area contributed by atoms with Crippen molar-refractivity contribution in [3.05, 3.63) is 32.8 Å². The molecule has 2 aromatic rings. The molecule has 1 heterocycles. The summed E-state index contributed by atoms with van der Waals surface area (Å²) in [5.41, 5.74) is 0.449. The minimum atomic E-state index is -0.146. The predicted octanol–water partition coefficient (Wildman–Crippen LogP) is 2.26. The van der Waals surface area contributed by atoms with Crippen molar-refractivity contribution in [2.24, 2.45) is 0 Å². The van der Waals surface area contributed by atoms with Gasteiger partial charge in [-0.2, -0.15) is 0 Å². The van der Waals surface area contributed by atoms with Crippen LogP contribution in [0.2, 0.25) is 0 Å². The molecule has 0 radical (unpaired) electrons. The van der Waals surface area contributed by atoms with Gasteiger partial charge in [0.25, 0.3) is 5.56 Å². The number of H-pyrrole nitrogens is 1. The molecule has 0 amide bonds. The Morgan fingerprint density at radius 1 is 1.50 bits per heavy atom. The Morgan fingerprint density at radius 3 is 2.88 bits per heavy atom. The topological polar surface area (TPSA) is 55.0 Å². The number of aromatic nitrogens is 2. The molecule has 4 nitrogen and oxygen atoms in total. The summed E-state index contributed by atoms with van der Waals surface area (Å²) in [7, 11) is 1.57. The number of aromatic amines is 1. The third-order valence-corrected chi connectivity index (χ3v) is 3.04. The van der Waals surface area contributed by atoms with Gasteiger partial charge in [-0.05, 0) is 28.1 Å². The molecule has 0 bridgehead atoms. The number of halogens is 1. The number of ether oxygens (including phenoxy) is 1. The van der Waals surface area contributed by atoms with Crippen LogP contribution in [0.5, 0.6) is 5.75 Å². The first-order valence-corrected chi connectivity index (χ1v) is 5.72. The summed E-state index contributed by atoms with van der Waals surface area (Å²) < 4.78 is 5.92. The van der Waals surface area contributed by atoms with Gasteiger partial charge >= 0.3 is 0 Å². The Hall–Kier alpha value is -1.36. The maximum absolute atomic E-state index is 11.9. The van der Waals surface area contributed by atoms with Crippen molar-refractivity contribution in [2.45, 2.75) is 13.3 Å². The fraction of sp³-hybridized carbons (Fsp3) is 0.273. The van der Waals surface area contributed by atoms with Crippen molar-refractivity contribution >= 4 is 26.8 Å². The number of benzene rings is 1. The molecular formula is C11H11BrN2O2. The lowest BCUT2D eigenvalue weighted by Gasteiger charge is -2.06. The van der Waals surface area contributed by atoms with Crippen LogP contribution < -0.4 is 10.3 Å². The molecule has 0 fully saturated rings. The normalized spacial score (nSPS) is 10.7. The number of methoxy groups -OCH3 is 1. The first kappa shape index (κ1) is 11.1. The van der Waals surface area contributed by atoms with Crippen LogP contribution in [0.25, 0.3) is 10.9 Å². The van der Waals surface area contributed by atoms with Crippen LogP contribution in [-0.2, 0) is 6.42 Å². The molecule has 0 spiro atoms. The van der Waals surface area contributed by atoms with Gasteiger partial charge in [-0.1, -0.05) is 6.92 Å². The summed E-state index contributed by atoms with van der Waals surface area (Å²) in [4.78, 5) is 19.0. The van der Waals surface area contributed by atoms with E-state index >= 15 is 0 Å². The van der Waals surface area contributed by atoms with Crippen molar-refractivity contribution in [2.75, 3.05) is 7.11 Å². The average Bonchev–Trinajstić information content (AvgIpc) is 2.28. The molecule has 1 aromatic carbocycles.